The van der Waals surface area contributed by atoms with E-state index in [4.69, 9.17) is 25.8 Å². The first kappa shape index (κ1) is 38.1. The number of likely N-dealkylation sites (N-methyl/N-ethyl adjacent to an activating group) is 1. The molecule has 0 aromatic carbocycles. The molecule has 2 aliphatic heterocycles. The highest BCUT2D eigenvalue weighted by molar-refractivity contribution is 6.27. The summed E-state index contributed by atoms with van der Waals surface area (Å²) in [6.07, 6.45) is -9.27. The average molecular weight is 640 g/mol. The van der Waals surface area contributed by atoms with Crippen molar-refractivity contribution in [3.05, 3.63) is 0 Å². The normalized spacial score (nSPS) is 47.3. The monoisotopic (exact) mass is 639 g/mol. The topological polar surface area (TPSA) is 186 Å². The van der Waals surface area contributed by atoms with Gasteiger partial charge in [0.15, 0.2) is 6.29 Å². The fourth-order valence-electron chi connectivity index (χ4n) is 6.74. The summed E-state index contributed by atoms with van der Waals surface area (Å²) in [5.74, 6) is -5.14. The van der Waals surface area contributed by atoms with Gasteiger partial charge in [-0.2, -0.15) is 0 Å². The number of ether oxygens (including phenoxy) is 3. The minimum Gasteiger partial charge on any atom is -0.459 e. The van der Waals surface area contributed by atoms with Crippen molar-refractivity contribution in [2.45, 2.75) is 141 Å². The molecule has 2 aliphatic rings. The van der Waals surface area contributed by atoms with Crippen LogP contribution >= 0.6 is 11.6 Å². The number of hydrogen-bond acceptors (Lipinski definition) is 11. The zero-order valence-corrected chi connectivity index (χ0v) is 27.6. The number of rotatable bonds is 5. The largest absolute Gasteiger partial charge is 0.459 e. The van der Waals surface area contributed by atoms with Crippen LogP contribution in [0.4, 0.5) is 0 Å². The Bertz CT molecular complexity index is 936. The molecule has 0 bridgehead atoms. The number of aliphatic hydroxyl groups is 6. The van der Waals surface area contributed by atoms with E-state index in [1.165, 1.54) is 32.7 Å². The molecule has 0 aromatic heterocycles. The van der Waals surface area contributed by atoms with Crippen molar-refractivity contribution < 1.29 is 54.4 Å². The van der Waals surface area contributed by atoms with Crippen molar-refractivity contribution in [2.75, 3.05) is 12.9 Å². The van der Waals surface area contributed by atoms with Gasteiger partial charge in [0.25, 0.3) is 0 Å². The van der Waals surface area contributed by atoms with Gasteiger partial charge in [0.05, 0.1) is 48.1 Å². The second kappa shape index (κ2) is 15.0. The van der Waals surface area contributed by atoms with E-state index < -0.39 is 102 Å². The molecule has 0 aromatic rings. The van der Waals surface area contributed by atoms with Crippen LogP contribution in [0.25, 0.3) is 0 Å². The van der Waals surface area contributed by atoms with Gasteiger partial charge in [-0.05, 0) is 52.9 Å². The third-order valence-electron chi connectivity index (χ3n) is 9.65. The summed E-state index contributed by atoms with van der Waals surface area (Å²) < 4.78 is 17.8. The van der Waals surface area contributed by atoms with Crippen molar-refractivity contribution in [3.63, 3.8) is 0 Å². The molecule has 0 radical (unpaired) electrons. The average Bonchev–Trinajstić information content (AvgIpc) is 2.95. The molecule has 0 spiro atoms. The van der Waals surface area contributed by atoms with E-state index in [-0.39, 0.29) is 18.7 Å². The lowest BCUT2D eigenvalue weighted by molar-refractivity contribution is -0.299. The lowest BCUT2D eigenvalue weighted by Gasteiger charge is -2.47. The number of halogens is 1. The van der Waals surface area contributed by atoms with Crippen molar-refractivity contribution in [2.24, 2.45) is 23.7 Å². The molecule has 0 aliphatic carbocycles. The lowest BCUT2D eigenvalue weighted by atomic mass is 9.73. The molecule has 2 heterocycles. The second-order valence-corrected chi connectivity index (χ2v) is 13.6. The number of amides is 1. The van der Waals surface area contributed by atoms with Gasteiger partial charge in [0.1, 0.15) is 23.7 Å². The highest BCUT2D eigenvalue weighted by atomic mass is 35.5. The summed E-state index contributed by atoms with van der Waals surface area (Å²) in [5.41, 5.74) is -3.69. The summed E-state index contributed by atoms with van der Waals surface area (Å²) >= 11 is 5.74. The molecule has 2 saturated heterocycles. The Morgan fingerprint density at radius 2 is 1.60 bits per heavy atom. The van der Waals surface area contributed by atoms with E-state index in [0.29, 0.717) is 6.42 Å². The third-order valence-corrected chi connectivity index (χ3v) is 9.88. The summed E-state index contributed by atoms with van der Waals surface area (Å²) in [5, 5.41) is 68.1. The number of aliphatic hydroxyl groups excluding tert-OH is 4. The van der Waals surface area contributed by atoms with Crippen molar-refractivity contribution >= 4 is 23.5 Å². The Morgan fingerprint density at radius 3 is 2.14 bits per heavy atom. The van der Waals surface area contributed by atoms with Gasteiger partial charge >= 0.3 is 5.97 Å². The molecule has 12 nitrogen and oxygen atoms in total. The first-order chi connectivity index (χ1) is 19.7. The zero-order valence-electron chi connectivity index (χ0n) is 26.9. The van der Waals surface area contributed by atoms with Gasteiger partial charge in [-0.1, -0.05) is 27.7 Å². The van der Waals surface area contributed by atoms with Gasteiger partial charge in [-0.25, -0.2) is 0 Å². The maximum atomic E-state index is 13.2. The maximum Gasteiger partial charge on any atom is 0.311 e. The van der Waals surface area contributed by atoms with Gasteiger partial charge < -0.3 is 49.7 Å². The lowest BCUT2D eigenvalue weighted by Crippen LogP contribution is -2.61. The number of nitrogens with zero attached hydrogens (tertiary/aromatic N) is 1. The first-order valence-corrected chi connectivity index (χ1v) is 15.8. The predicted molar refractivity (Wildman–Crippen MR) is 158 cm³/mol. The second-order valence-electron chi connectivity index (χ2n) is 13.3. The third kappa shape index (κ3) is 8.39. The minimum atomic E-state index is -1.92. The first-order valence-electron chi connectivity index (χ1n) is 15.2. The predicted octanol–water partition coefficient (Wildman–Crippen LogP) is 0.788. The Morgan fingerprint density at radius 1 is 1.02 bits per heavy atom. The SMILES string of the molecule is CC[C@H]1OC(=O)[C@H](C)[C@@H](O)[C@H](C)[C@H](O[C@@H]2O[C@H](C)CC(N(C)C(=O)CCl)[C@@H]2O)[C@](C)(O)C[C@H](C)[C@H](O)[C@@H](C)[C@H](O)[C@]1(C)O. The van der Waals surface area contributed by atoms with Crippen LogP contribution in [0.15, 0.2) is 0 Å². The van der Waals surface area contributed by atoms with Crippen molar-refractivity contribution in [1.29, 1.82) is 0 Å². The molecule has 13 heteroatoms. The quantitative estimate of drug-likeness (QED) is 0.184. The molecular weight excluding hydrogens is 586 g/mol. The molecule has 2 rings (SSSR count). The summed E-state index contributed by atoms with van der Waals surface area (Å²) in [6, 6.07) is -0.709. The van der Waals surface area contributed by atoms with E-state index in [2.05, 4.69) is 0 Å². The molecule has 0 saturated carbocycles. The standard InChI is InChI=1S/C30H54ClNO11/c1-10-20-30(8,40)25(37)16(4)22(34)14(2)12-29(7,39)26(17(5)23(35)18(6)27(38)42-20)43-28-24(36)19(11-15(3)41-28)32(9)21(33)13-31/h14-20,22-26,28,34-37,39-40H,10-13H2,1-9H3/t14-,15+,16+,17-,18+,19?,20+,22-,23-,24-,25-,26-,28-,29+,30+/m0/s1. The Hall–Kier alpha value is -1.09. The maximum absolute atomic E-state index is 13.2. The van der Waals surface area contributed by atoms with Crippen LogP contribution < -0.4 is 0 Å². The minimum absolute atomic E-state index is 0.0858. The molecule has 43 heavy (non-hydrogen) atoms. The van der Waals surface area contributed by atoms with E-state index in [1.54, 1.807) is 34.6 Å². The van der Waals surface area contributed by atoms with Crippen LogP contribution in [0.5, 0.6) is 0 Å². The number of cyclic esters (lactones) is 1. The van der Waals surface area contributed by atoms with Gasteiger partial charge in [0, 0.05) is 18.9 Å². The molecule has 15 atom stereocenters. The Kier molecular flexibility index (Phi) is 13.3. The summed E-state index contributed by atoms with van der Waals surface area (Å²) in [6.45, 7) is 12.5. The van der Waals surface area contributed by atoms with Gasteiger partial charge in [-0.3, -0.25) is 9.59 Å². The molecule has 1 amide bonds. The summed E-state index contributed by atoms with van der Waals surface area (Å²) in [7, 11) is 1.52. The van der Waals surface area contributed by atoms with Crippen LogP contribution in [0, 0.1) is 23.7 Å². The van der Waals surface area contributed by atoms with E-state index >= 15 is 0 Å². The Labute approximate surface area is 260 Å². The van der Waals surface area contributed by atoms with Crippen LogP contribution in [0.1, 0.15) is 74.7 Å². The highest BCUT2D eigenvalue weighted by Gasteiger charge is 2.51. The number of alkyl halides is 1. The highest BCUT2D eigenvalue weighted by Crippen LogP contribution is 2.38. The van der Waals surface area contributed by atoms with E-state index in [0.717, 1.165) is 0 Å². The molecular formula is C30H54ClNO11. The van der Waals surface area contributed by atoms with Crippen LogP contribution in [-0.2, 0) is 23.8 Å². The van der Waals surface area contributed by atoms with E-state index in [1.807, 2.05) is 0 Å². The van der Waals surface area contributed by atoms with Gasteiger partial charge in [-0.15, -0.1) is 11.6 Å². The number of esters is 1. The van der Waals surface area contributed by atoms with Crippen LogP contribution in [-0.4, -0.2) is 127 Å². The summed E-state index contributed by atoms with van der Waals surface area (Å²) in [4.78, 5) is 26.9. The Balaban J connectivity index is 2.55. The van der Waals surface area contributed by atoms with Gasteiger partial charge in [0.2, 0.25) is 5.91 Å². The van der Waals surface area contributed by atoms with Crippen molar-refractivity contribution in [1.82, 2.24) is 4.90 Å². The molecule has 1 unspecified atom stereocenters. The molecule has 252 valence electrons. The molecule has 2 fully saturated rings. The smallest absolute Gasteiger partial charge is 0.311 e. The van der Waals surface area contributed by atoms with Crippen molar-refractivity contribution in [3.8, 4) is 0 Å². The fraction of sp³-hybridized carbons (Fsp3) is 0.933. The van der Waals surface area contributed by atoms with Crippen LogP contribution in [0.3, 0.4) is 0 Å². The molecule has 6 N–H and O–H groups in total. The fourth-order valence-corrected chi connectivity index (χ4v) is 6.93. The van der Waals surface area contributed by atoms with E-state index in [9.17, 15) is 40.2 Å². The number of hydrogen-bond donors (Lipinski definition) is 6. The zero-order chi connectivity index (χ0) is 33.2. The van der Waals surface area contributed by atoms with Crippen LogP contribution in [0.2, 0.25) is 0 Å². The number of carbonyl (C=O) groups excluding carboxylic acids is 2. The number of carbonyl (C=O) groups is 2.